The van der Waals surface area contributed by atoms with Gasteiger partial charge in [-0.05, 0) is 29.8 Å². The summed E-state index contributed by atoms with van der Waals surface area (Å²) < 4.78 is 10.8. The second kappa shape index (κ2) is 8.03. The molecular weight excluding hydrogens is 338 g/mol. The van der Waals surface area contributed by atoms with Crippen molar-refractivity contribution in [2.45, 2.75) is 30.7 Å². The smallest absolute Gasteiger partial charge is 0.212 e. The molecular formula is C19H23NO6. The number of ether oxygens (including phenoxy) is 2. The van der Waals surface area contributed by atoms with E-state index in [1.807, 2.05) is 30.3 Å². The lowest BCUT2D eigenvalue weighted by atomic mass is 9.97. The van der Waals surface area contributed by atoms with Crippen molar-refractivity contribution < 1.29 is 29.9 Å². The molecule has 0 amide bonds. The number of anilines is 1. The van der Waals surface area contributed by atoms with Crippen molar-refractivity contribution in [3.8, 4) is 5.75 Å². The van der Waals surface area contributed by atoms with Crippen LogP contribution in [-0.4, -0.2) is 57.7 Å². The molecule has 1 fully saturated rings. The van der Waals surface area contributed by atoms with Gasteiger partial charge in [-0.3, -0.25) is 0 Å². The van der Waals surface area contributed by atoms with Crippen molar-refractivity contribution in [3.05, 3.63) is 60.2 Å². The lowest BCUT2D eigenvalue weighted by Gasteiger charge is -2.41. The van der Waals surface area contributed by atoms with Crippen LogP contribution in [0.3, 0.4) is 0 Å². The topological polar surface area (TPSA) is 111 Å². The molecule has 0 saturated carbocycles. The normalized spacial score (nSPS) is 28.5. The summed E-state index contributed by atoms with van der Waals surface area (Å²) in [7, 11) is 0. The number of aliphatic hydroxyl groups excluding tert-OH is 3. The zero-order valence-electron chi connectivity index (χ0n) is 14.2. The highest BCUT2D eigenvalue weighted by atomic mass is 16.6. The SMILES string of the molecule is O[C@@H]1[C@H](O)CO[C@](O)(CNc2ccc(OCc3ccccc3)cc2)[C@H]1O. The van der Waals surface area contributed by atoms with E-state index >= 15 is 0 Å². The third-order valence-corrected chi connectivity index (χ3v) is 4.33. The average molecular weight is 361 g/mol. The van der Waals surface area contributed by atoms with Crippen LogP contribution in [-0.2, 0) is 11.3 Å². The van der Waals surface area contributed by atoms with E-state index in [4.69, 9.17) is 9.47 Å². The summed E-state index contributed by atoms with van der Waals surface area (Å²) >= 11 is 0. The fourth-order valence-electron chi connectivity index (χ4n) is 2.69. The van der Waals surface area contributed by atoms with Gasteiger partial charge in [0, 0.05) is 5.69 Å². The first-order valence-electron chi connectivity index (χ1n) is 8.39. The molecule has 0 radical (unpaired) electrons. The summed E-state index contributed by atoms with van der Waals surface area (Å²) in [5, 5.41) is 42.3. The Hall–Kier alpha value is -2.16. The summed E-state index contributed by atoms with van der Waals surface area (Å²) in [6, 6.07) is 16.9. The van der Waals surface area contributed by atoms with E-state index in [9.17, 15) is 20.4 Å². The maximum atomic E-state index is 10.3. The lowest BCUT2D eigenvalue weighted by molar-refractivity contribution is -0.313. The molecule has 7 nitrogen and oxygen atoms in total. The standard InChI is InChI=1S/C19H23NO6/c21-16-11-26-19(24,18(23)17(16)22)12-20-14-6-8-15(9-7-14)25-10-13-4-2-1-3-5-13/h1-9,16-18,20-24H,10-12H2/t16-,17-,18+,19-/m1/s1. The minimum Gasteiger partial charge on any atom is -0.489 e. The Morgan fingerprint density at radius 3 is 2.42 bits per heavy atom. The van der Waals surface area contributed by atoms with Crippen LogP contribution >= 0.6 is 0 Å². The van der Waals surface area contributed by atoms with Gasteiger partial charge in [0.05, 0.1) is 13.2 Å². The Labute approximate surface area is 151 Å². The van der Waals surface area contributed by atoms with Gasteiger partial charge in [-0.25, -0.2) is 0 Å². The molecule has 1 aliphatic rings. The van der Waals surface area contributed by atoms with Gasteiger partial charge in [0.2, 0.25) is 5.79 Å². The molecule has 140 valence electrons. The molecule has 2 aromatic carbocycles. The van der Waals surface area contributed by atoms with Crippen molar-refractivity contribution in [1.82, 2.24) is 0 Å². The highest BCUT2D eigenvalue weighted by Crippen LogP contribution is 2.25. The number of nitrogens with one attached hydrogen (secondary N) is 1. The van der Waals surface area contributed by atoms with E-state index in [0.717, 1.165) is 5.56 Å². The van der Waals surface area contributed by atoms with Crippen molar-refractivity contribution >= 4 is 5.69 Å². The molecule has 1 aliphatic heterocycles. The molecule has 2 aromatic rings. The first kappa shape index (κ1) is 18.6. The molecule has 1 saturated heterocycles. The van der Waals surface area contributed by atoms with Gasteiger partial charge in [0.15, 0.2) is 0 Å². The number of hydrogen-bond donors (Lipinski definition) is 5. The lowest BCUT2D eigenvalue weighted by Crippen LogP contribution is -2.63. The molecule has 0 aliphatic carbocycles. The predicted molar refractivity (Wildman–Crippen MR) is 94.6 cm³/mol. The van der Waals surface area contributed by atoms with Crippen molar-refractivity contribution in [2.24, 2.45) is 0 Å². The number of rotatable bonds is 6. The van der Waals surface area contributed by atoms with E-state index in [0.29, 0.717) is 18.0 Å². The monoisotopic (exact) mass is 361 g/mol. The minimum atomic E-state index is -1.98. The number of aliphatic hydroxyl groups is 4. The van der Waals surface area contributed by atoms with E-state index in [2.05, 4.69) is 5.32 Å². The van der Waals surface area contributed by atoms with Crippen LogP contribution in [0.25, 0.3) is 0 Å². The van der Waals surface area contributed by atoms with Gasteiger partial charge in [0.1, 0.15) is 30.7 Å². The van der Waals surface area contributed by atoms with Gasteiger partial charge >= 0.3 is 0 Å². The molecule has 0 spiro atoms. The molecule has 0 bridgehead atoms. The number of hydrogen-bond acceptors (Lipinski definition) is 7. The molecule has 4 atom stereocenters. The van der Waals surface area contributed by atoms with Crippen molar-refractivity contribution in [1.29, 1.82) is 0 Å². The highest BCUT2D eigenvalue weighted by molar-refractivity contribution is 5.46. The molecule has 26 heavy (non-hydrogen) atoms. The molecule has 5 N–H and O–H groups in total. The first-order chi connectivity index (χ1) is 12.5. The van der Waals surface area contributed by atoms with Gasteiger partial charge < -0.3 is 35.2 Å². The second-order valence-corrected chi connectivity index (χ2v) is 6.31. The maximum absolute atomic E-state index is 10.3. The Morgan fingerprint density at radius 1 is 1.04 bits per heavy atom. The van der Waals surface area contributed by atoms with Crippen molar-refractivity contribution in [2.75, 3.05) is 18.5 Å². The van der Waals surface area contributed by atoms with Crippen molar-refractivity contribution in [3.63, 3.8) is 0 Å². The quantitative estimate of drug-likeness (QED) is 0.509. The molecule has 3 rings (SSSR count). The Kier molecular flexibility index (Phi) is 5.75. The van der Waals surface area contributed by atoms with Gasteiger partial charge in [0.25, 0.3) is 0 Å². The van der Waals surface area contributed by atoms with Gasteiger partial charge in [-0.2, -0.15) is 0 Å². The molecule has 0 aromatic heterocycles. The molecule has 1 heterocycles. The summed E-state index contributed by atoms with van der Waals surface area (Å²) in [5.41, 5.74) is 1.75. The minimum absolute atomic E-state index is 0.151. The summed E-state index contributed by atoms with van der Waals surface area (Å²) in [4.78, 5) is 0. The Bertz CT molecular complexity index is 695. The third kappa shape index (κ3) is 4.32. The van der Waals surface area contributed by atoms with Crippen LogP contribution in [0, 0.1) is 0 Å². The summed E-state index contributed by atoms with van der Waals surface area (Å²) in [5.74, 6) is -1.29. The summed E-state index contributed by atoms with van der Waals surface area (Å²) in [6.45, 7) is 0.0540. The number of benzene rings is 2. The van der Waals surface area contributed by atoms with Crippen LogP contribution < -0.4 is 10.1 Å². The Morgan fingerprint density at radius 2 is 1.73 bits per heavy atom. The van der Waals surface area contributed by atoms with E-state index in [-0.39, 0.29) is 13.2 Å². The zero-order chi connectivity index (χ0) is 18.6. The van der Waals surface area contributed by atoms with Gasteiger partial charge in [-0.1, -0.05) is 30.3 Å². The highest BCUT2D eigenvalue weighted by Gasteiger charge is 2.48. The zero-order valence-corrected chi connectivity index (χ0v) is 14.2. The first-order valence-corrected chi connectivity index (χ1v) is 8.39. The van der Waals surface area contributed by atoms with Crippen LogP contribution in [0.2, 0.25) is 0 Å². The largest absolute Gasteiger partial charge is 0.489 e. The van der Waals surface area contributed by atoms with Crippen LogP contribution in [0.1, 0.15) is 5.56 Å². The second-order valence-electron chi connectivity index (χ2n) is 6.31. The fourth-order valence-corrected chi connectivity index (χ4v) is 2.69. The predicted octanol–water partition coefficient (Wildman–Crippen LogP) is 0.479. The van der Waals surface area contributed by atoms with E-state index in [1.54, 1.807) is 24.3 Å². The molecule has 7 heteroatoms. The van der Waals surface area contributed by atoms with Gasteiger partial charge in [-0.15, -0.1) is 0 Å². The Balaban J connectivity index is 1.53. The van der Waals surface area contributed by atoms with Crippen LogP contribution in [0.15, 0.2) is 54.6 Å². The average Bonchev–Trinajstić information content (AvgIpc) is 2.68. The molecule has 0 unspecified atom stereocenters. The summed E-state index contributed by atoms with van der Waals surface area (Å²) in [6.07, 6.45) is -4.32. The fraction of sp³-hybridized carbons (Fsp3) is 0.368. The van der Waals surface area contributed by atoms with E-state index in [1.165, 1.54) is 0 Å². The van der Waals surface area contributed by atoms with E-state index < -0.39 is 24.1 Å². The van der Waals surface area contributed by atoms with Crippen LogP contribution in [0.5, 0.6) is 5.75 Å². The maximum Gasteiger partial charge on any atom is 0.212 e. The van der Waals surface area contributed by atoms with Crippen LogP contribution in [0.4, 0.5) is 5.69 Å². The third-order valence-electron chi connectivity index (χ3n) is 4.33.